The summed E-state index contributed by atoms with van der Waals surface area (Å²) in [4.78, 5) is 0. The molecule has 1 aromatic carbocycles. The van der Waals surface area contributed by atoms with Gasteiger partial charge in [0.15, 0.2) is 0 Å². The van der Waals surface area contributed by atoms with Crippen LogP contribution in [-0.2, 0) is 6.54 Å². The molecule has 1 unspecified atom stereocenters. The van der Waals surface area contributed by atoms with Crippen LogP contribution in [0.25, 0.3) is 0 Å². The van der Waals surface area contributed by atoms with Crippen LogP contribution in [0, 0.1) is 0 Å². The quantitative estimate of drug-likeness (QED) is 0.797. The molecule has 0 aliphatic rings. The zero-order valence-corrected chi connectivity index (χ0v) is 10.4. The SMILES string of the molecule is OC(CSCCn1cccn1)c1ccccc1. The first kappa shape index (κ1) is 12.2. The van der Waals surface area contributed by atoms with Crippen LogP contribution in [0.2, 0.25) is 0 Å². The highest BCUT2D eigenvalue weighted by Gasteiger charge is 2.06. The molecule has 4 heteroatoms. The molecule has 0 bridgehead atoms. The number of nitrogens with zero attached hydrogens (tertiary/aromatic N) is 2. The molecule has 2 aromatic rings. The lowest BCUT2D eigenvalue weighted by atomic mass is 10.1. The minimum Gasteiger partial charge on any atom is -0.388 e. The van der Waals surface area contributed by atoms with Gasteiger partial charge in [-0.2, -0.15) is 16.9 Å². The average Bonchev–Trinajstić information content (AvgIpc) is 2.88. The second kappa shape index (κ2) is 6.47. The number of hydrogen-bond acceptors (Lipinski definition) is 3. The van der Waals surface area contributed by atoms with Crippen LogP contribution < -0.4 is 0 Å². The largest absolute Gasteiger partial charge is 0.388 e. The van der Waals surface area contributed by atoms with E-state index >= 15 is 0 Å². The Morgan fingerprint density at radius 3 is 2.76 bits per heavy atom. The van der Waals surface area contributed by atoms with E-state index in [4.69, 9.17) is 0 Å². The molecule has 2 rings (SSSR count). The van der Waals surface area contributed by atoms with E-state index < -0.39 is 0 Å². The molecule has 1 aromatic heterocycles. The Bertz CT molecular complexity index is 416. The first-order valence-electron chi connectivity index (χ1n) is 5.64. The predicted octanol–water partition coefficient (Wildman–Crippen LogP) is 2.35. The number of aromatic nitrogens is 2. The molecular formula is C13H16N2OS. The molecule has 1 atom stereocenters. The third kappa shape index (κ3) is 3.91. The van der Waals surface area contributed by atoms with Crippen LogP contribution in [0.1, 0.15) is 11.7 Å². The van der Waals surface area contributed by atoms with E-state index in [0.717, 1.165) is 23.6 Å². The van der Waals surface area contributed by atoms with Crippen LogP contribution in [0.5, 0.6) is 0 Å². The molecule has 0 aliphatic carbocycles. The highest BCUT2D eigenvalue weighted by Crippen LogP contribution is 2.17. The highest BCUT2D eigenvalue weighted by molar-refractivity contribution is 7.99. The first-order chi connectivity index (χ1) is 8.36. The van der Waals surface area contributed by atoms with Crippen molar-refractivity contribution in [2.75, 3.05) is 11.5 Å². The summed E-state index contributed by atoms with van der Waals surface area (Å²) in [6.45, 7) is 0.888. The summed E-state index contributed by atoms with van der Waals surface area (Å²) < 4.78 is 1.90. The molecule has 1 N–H and O–H groups in total. The molecule has 0 spiro atoms. The van der Waals surface area contributed by atoms with E-state index in [1.165, 1.54) is 0 Å². The van der Waals surface area contributed by atoms with Gasteiger partial charge in [-0.05, 0) is 11.6 Å². The van der Waals surface area contributed by atoms with Gasteiger partial charge in [0.1, 0.15) is 0 Å². The van der Waals surface area contributed by atoms with Crippen molar-refractivity contribution >= 4 is 11.8 Å². The summed E-state index contributed by atoms with van der Waals surface area (Å²) in [5.41, 5.74) is 0.985. The van der Waals surface area contributed by atoms with E-state index in [9.17, 15) is 5.11 Å². The van der Waals surface area contributed by atoms with Gasteiger partial charge < -0.3 is 5.11 Å². The molecule has 17 heavy (non-hydrogen) atoms. The summed E-state index contributed by atoms with van der Waals surface area (Å²) in [7, 11) is 0. The molecule has 0 saturated heterocycles. The number of hydrogen-bond donors (Lipinski definition) is 1. The normalized spacial score (nSPS) is 12.5. The van der Waals surface area contributed by atoms with Crippen LogP contribution in [-0.4, -0.2) is 26.4 Å². The fourth-order valence-corrected chi connectivity index (χ4v) is 2.46. The van der Waals surface area contributed by atoms with Crippen molar-refractivity contribution in [2.45, 2.75) is 12.6 Å². The van der Waals surface area contributed by atoms with Gasteiger partial charge in [-0.3, -0.25) is 4.68 Å². The Labute approximate surface area is 105 Å². The smallest absolute Gasteiger partial charge is 0.0880 e. The molecule has 0 aliphatic heterocycles. The second-order valence-electron chi connectivity index (χ2n) is 3.77. The summed E-state index contributed by atoms with van der Waals surface area (Å²) in [5.74, 6) is 1.69. The van der Waals surface area contributed by atoms with Crippen LogP contribution >= 0.6 is 11.8 Å². The molecule has 0 fully saturated rings. The predicted molar refractivity (Wildman–Crippen MR) is 71.0 cm³/mol. The Kier molecular flexibility index (Phi) is 4.64. The van der Waals surface area contributed by atoms with Crippen molar-refractivity contribution in [3.8, 4) is 0 Å². The standard InChI is InChI=1S/C13H16N2OS/c16-13(12-5-2-1-3-6-12)11-17-10-9-15-8-4-7-14-15/h1-8,13,16H,9-11H2. The minimum absolute atomic E-state index is 0.376. The lowest BCUT2D eigenvalue weighted by molar-refractivity contribution is 0.204. The summed E-state index contributed by atoms with van der Waals surface area (Å²) >= 11 is 1.74. The maximum absolute atomic E-state index is 9.93. The van der Waals surface area contributed by atoms with Crippen molar-refractivity contribution in [3.63, 3.8) is 0 Å². The summed E-state index contributed by atoms with van der Waals surface area (Å²) in [6, 6.07) is 11.7. The summed E-state index contributed by atoms with van der Waals surface area (Å²) in [6.07, 6.45) is 3.36. The van der Waals surface area contributed by atoms with Gasteiger partial charge >= 0.3 is 0 Å². The highest BCUT2D eigenvalue weighted by atomic mass is 32.2. The van der Waals surface area contributed by atoms with E-state index in [2.05, 4.69) is 5.10 Å². The van der Waals surface area contributed by atoms with Gasteiger partial charge in [0.2, 0.25) is 0 Å². The molecule has 0 saturated carbocycles. The fraction of sp³-hybridized carbons (Fsp3) is 0.308. The minimum atomic E-state index is -0.376. The zero-order valence-electron chi connectivity index (χ0n) is 9.57. The van der Waals surface area contributed by atoms with Crippen molar-refractivity contribution in [3.05, 3.63) is 54.4 Å². The van der Waals surface area contributed by atoms with Crippen LogP contribution in [0.3, 0.4) is 0 Å². The van der Waals surface area contributed by atoms with Gasteiger partial charge in [0.05, 0.1) is 6.10 Å². The number of thioether (sulfide) groups is 1. The fourth-order valence-electron chi connectivity index (χ4n) is 1.56. The maximum atomic E-state index is 9.93. The topological polar surface area (TPSA) is 38.0 Å². The molecule has 3 nitrogen and oxygen atoms in total. The monoisotopic (exact) mass is 248 g/mol. The van der Waals surface area contributed by atoms with Gasteiger partial charge in [0, 0.05) is 30.4 Å². The second-order valence-corrected chi connectivity index (χ2v) is 4.92. The van der Waals surface area contributed by atoms with E-state index in [1.54, 1.807) is 18.0 Å². The van der Waals surface area contributed by atoms with Crippen molar-refractivity contribution < 1.29 is 5.11 Å². The van der Waals surface area contributed by atoms with Crippen molar-refractivity contribution in [2.24, 2.45) is 0 Å². The molecule has 90 valence electrons. The number of benzene rings is 1. The molecule has 1 heterocycles. The Morgan fingerprint density at radius 1 is 1.24 bits per heavy atom. The third-order valence-corrected chi connectivity index (χ3v) is 3.51. The zero-order chi connectivity index (χ0) is 11.9. The molecule has 0 radical (unpaired) electrons. The maximum Gasteiger partial charge on any atom is 0.0880 e. The molecule has 0 amide bonds. The number of aliphatic hydroxyl groups excluding tert-OH is 1. The Morgan fingerprint density at radius 2 is 2.06 bits per heavy atom. The van der Waals surface area contributed by atoms with Gasteiger partial charge in [-0.1, -0.05) is 30.3 Å². The van der Waals surface area contributed by atoms with Crippen molar-refractivity contribution in [1.29, 1.82) is 0 Å². The van der Waals surface area contributed by atoms with Gasteiger partial charge in [-0.25, -0.2) is 0 Å². The van der Waals surface area contributed by atoms with E-state index in [0.29, 0.717) is 0 Å². The Balaban J connectivity index is 1.68. The van der Waals surface area contributed by atoms with Gasteiger partial charge in [-0.15, -0.1) is 0 Å². The summed E-state index contributed by atoms with van der Waals surface area (Å²) in [5, 5.41) is 14.1. The van der Waals surface area contributed by atoms with E-state index in [1.807, 2.05) is 47.3 Å². The van der Waals surface area contributed by atoms with Crippen LogP contribution in [0.15, 0.2) is 48.8 Å². The molecular weight excluding hydrogens is 232 g/mol. The lowest BCUT2D eigenvalue weighted by Gasteiger charge is -2.10. The Hall–Kier alpha value is -1.26. The number of aliphatic hydroxyl groups is 1. The van der Waals surface area contributed by atoms with Crippen molar-refractivity contribution in [1.82, 2.24) is 9.78 Å². The number of aryl methyl sites for hydroxylation is 1. The first-order valence-corrected chi connectivity index (χ1v) is 6.80. The lowest BCUT2D eigenvalue weighted by Crippen LogP contribution is -2.04. The average molecular weight is 248 g/mol. The van der Waals surface area contributed by atoms with E-state index in [-0.39, 0.29) is 6.10 Å². The van der Waals surface area contributed by atoms with Crippen LogP contribution in [0.4, 0.5) is 0 Å². The third-order valence-electron chi connectivity index (χ3n) is 2.48. The number of rotatable bonds is 6. The van der Waals surface area contributed by atoms with Gasteiger partial charge in [0.25, 0.3) is 0 Å².